The van der Waals surface area contributed by atoms with E-state index in [0.29, 0.717) is 12.5 Å². The van der Waals surface area contributed by atoms with Gasteiger partial charge in [0.2, 0.25) is 0 Å². The second kappa shape index (κ2) is 8.11. The van der Waals surface area contributed by atoms with Crippen molar-refractivity contribution in [2.75, 3.05) is 26.3 Å². The maximum Gasteiger partial charge on any atom is 0.119 e. The van der Waals surface area contributed by atoms with Gasteiger partial charge in [0.25, 0.3) is 0 Å². The first kappa shape index (κ1) is 18.0. The summed E-state index contributed by atoms with van der Waals surface area (Å²) in [5.41, 5.74) is 4.79. The fourth-order valence-corrected chi connectivity index (χ4v) is 3.87. The monoisotopic (exact) mass is 365 g/mol. The van der Waals surface area contributed by atoms with Crippen LogP contribution in [0, 0.1) is 6.92 Å². The van der Waals surface area contributed by atoms with Crippen LogP contribution in [0.1, 0.15) is 35.7 Å². The zero-order valence-corrected chi connectivity index (χ0v) is 15.8. The molecule has 0 radical (unpaired) electrons. The van der Waals surface area contributed by atoms with Crippen LogP contribution in [-0.2, 0) is 6.54 Å². The Balaban J connectivity index is 1.33. The second-order valence-electron chi connectivity index (χ2n) is 7.36. The standard InChI is InChI=1S/C22H27N3O2/c1-16-3-2-4-20-21(16)24-22(23-20)18-9-11-25(12-10-18)15-17-5-7-19(8-6-17)27-14-13-26/h2-8,18,26H,9-15H2,1H3,(H,23,24). The third-order valence-corrected chi connectivity index (χ3v) is 5.40. The third-order valence-electron chi connectivity index (χ3n) is 5.40. The molecule has 2 N–H and O–H groups in total. The molecule has 2 aromatic carbocycles. The fourth-order valence-electron chi connectivity index (χ4n) is 3.87. The van der Waals surface area contributed by atoms with Crippen molar-refractivity contribution in [3.63, 3.8) is 0 Å². The zero-order valence-electron chi connectivity index (χ0n) is 15.8. The number of aryl methyl sites for hydroxylation is 1. The molecule has 0 bridgehead atoms. The summed E-state index contributed by atoms with van der Waals surface area (Å²) in [6.07, 6.45) is 2.27. The number of H-pyrrole nitrogens is 1. The van der Waals surface area contributed by atoms with Crippen molar-refractivity contribution in [2.24, 2.45) is 0 Å². The summed E-state index contributed by atoms with van der Waals surface area (Å²) in [4.78, 5) is 10.9. The highest BCUT2D eigenvalue weighted by atomic mass is 16.5. The number of imidazole rings is 1. The molecule has 5 nitrogen and oxygen atoms in total. The van der Waals surface area contributed by atoms with Gasteiger partial charge in [-0.3, -0.25) is 4.90 Å². The number of fused-ring (bicyclic) bond motifs is 1. The molecule has 3 aromatic rings. The van der Waals surface area contributed by atoms with Crippen molar-refractivity contribution in [3.05, 3.63) is 59.4 Å². The first-order valence-corrected chi connectivity index (χ1v) is 9.73. The second-order valence-corrected chi connectivity index (χ2v) is 7.36. The van der Waals surface area contributed by atoms with Gasteiger partial charge < -0.3 is 14.8 Å². The number of ether oxygens (including phenoxy) is 1. The van der Waals surface area contributed by atoms with Crippen LogP contribution >= 0.6 is 0 Å². The summed E-state index contributed by atoms with van der Waals surface area (Å²) < 4.78 is 5.42. The first-order valence-electron chi connectivity index (χ1n) is 9.73. The Kier molecular flexibility index (Phi) is 5.41. The lowest BCUT2D eigenvalue weighted by Gasteiger charge is -2.31. The minimum absolute atomic E-state index is 0.0431. The zero-order chi connectivity index (χ0) is 18.6. The van der Waals surface area contributed by atoms with Crippen molar-refractivity contribution >= 4 is 11.0 Å². The van der Waals surface area contributed by atoms with E-state index in [9.17, 15) is 0 Å². The van der Waals surface area contributed by atoms with E-state index in [1.807, 2.05) is 12.1 Å². The summed E-state index contributed by atoms with van der Waals surface area (Å²) in [5.74, 6) is 2.47. The lowest BCUT2D eigenvalue weighted by Crippen LogP contribution is -2.32. The molecule has 2 heterocycles. The number of likely N-dealkylation sites (tertiary alicyclic amines) is 1. The Morgan fingerprint density at radius 2 is 1.93 bits per heavy atom. The molecule has 0 atom stereocenters. The van der Waals surface area contributed by atoms with Crippen molar-refractivity contribution < 1.29 is 9.84 Å². The van der Waals surface area contributed by atoms with Gasteiger partial charge in [0.1, 0.15) is 18.2 Å². The van der Waals surface area contributed by atoms with E-state index in [1.165, 1.54) is 11.1 Å². The van der Waals surface area contributed by atoms with Crippen LogP contribution in [0.2, 0.25) is 0 Å². The Labute approximate surface area is 160 Å². The van der Waals surface area contributed by atoms with Crippen molar-refractivity contribution in [1.29, 1.82) is 0 Å². The van der Waals surface area contributed by atoms with Crippen LogP contribution in [-0.4, -0.2) is 46.3 Å². The van der Waals surface area contributed by atoms with Gasteiger partial charge in [0, 0.05) is 12.5 Å². The summed E-state index contributed by atoms with van der Waals surface area (Å²) >= 11 is 0. The number of nitrogens with zero attached hydrogens (tertiary/aromatic N) is 2. The number of benzene rings is 2. The summed E-state index contributed by atoms with van der Waals surface area (Å²) in [5, 5.41) is 8.82. The van der Waals surface area contributed by atoms with Crippen LogP contribution in [0.25, 0.3) is 11.0 Å². The fraction of sp³-hybridized carbons (Fsp3) is 0.409. The highest BCUT2D eigenvalue weighted by Crippen LogP contribution is 2.29. The van der Waals surface area contributed by atoms with Gasteiger partial charge in [-0.2, -0.15) is 0 Å². The molecule has 4 rings (SSSR count). The average molecular weight is 365 g/mol. The van der Waals surface area contributed by atoms with Crippen LogP contribution in [0.3, 0.4) is 0 Å². The average Bonchev–Trinajstić information content (AvgIpc) is 3.14. The molecule has 5 heteroatoms. The maximum atomic E-state index is 8.82. The molecule has 1 saturated heterocycles. The highest BCUT2D eigenvalue weighted by molar-refractivity contribution is 5.78. The number of para-hydroxylation sites is 1. The Bertz CT molecular complexity index is 880. The van der Waals surface area contributed by atoms with Gasteiger partial charge in [-0.05, 0) is 62.2 Å². The number of hydrogen-bond acceptors (Lipinski definition) is 4. The van der Waals surface area contributed by atoms with Crippen LogP contribution in [0.15, 0.2) is 42.5 Å². The summed E-state index contributed by atoms with van der Waals surface area (Å²) in [7, 11) is 0. The largest absolute Gasteiger partial charge is 0.491 e. The topological polar surface area (TPSA) is 61.4 Å². The van der Waals surface area contributed by atoms with E-state index in [4.69, 9.17) is 14.8 Å². The van der Waals surface area contributed by atoms with Crippen LogP contribution < -0.4 is 4.74 Å². The minimum Gasteiger partial charge on any atom is -0.491 e. The molecular weight excluding hydrogens is 338 g/mol. The molecular formula is C22H27N3O2. The number of aliphatic hydroxyl groups is 1. The smallest absolute Gasteiger partial charge is 0.119 e. The number of piperidine rings is 1. The number of hydrogen-bond donors (Lipinski definition) is 2. The van der Waals surface area contributed by atoms with Gasteiger partial charge in [-0.25, -0.2) is 4.98 Å². The lowest BCUT2D eigenvalue weighted by molar-refractivity contribution is 0.199. The Morgan fingerprint density at radius 3 is 2.63 bits per heavy atom. The molecule has 0 aliphatic carbocycles. The number of aromatic amines is 1. The van der Waals surface area contributed by atoms with Crippen molar-refractivity contribution in [1.82, 2.24) is 14.9 Å². The summed E-state index contributed by atoms with van der Waals surface area (Å²) in [6, 6.07) is 14.5. The van der Waals surface area contributed by atoms with Crippen molar-refractivity contribution in [2.45, 2.75) is 32.2 Å². The molecule has 0 unspecified atom stereocenters. The van der Waals surface area contributed by atoms with E-state index in [1.54, 1.807) is 0 Å². The van der Waals surface area contributed by atoms with Crippen LogP contribution in [0.5, 0.6) is 5.75 Å². The number of nitrogens with one attached hydrogen (secondary N) is 1. The quantitative estimate of drug-likeness (QED) is 0.700. The summed E-state index contributed by atoms with van der Waals surface area (Å²) in [6.45, 7) is 5.64. The third kappa shape index (κ3) is 4.15. The number of aliphatic hydroxyl groups excluding tert-OH is 1. The van der Waals surface area contributed by atoms with Gasteiger partial charge >= 0.3 is 0 Å². The van der Waals surface area contributed by atoms with Crippen molar-refractivity contribution in [3.8, 4) is 5.75 Å². The molecule has 1 aliphatic rings. The molecule has 27 heavy (non-hydrogen) atoms. The molecule has 0 amide bonds. The predicted molar refractivity (Wildman–Crippen MR) is 107 cm³/mol. The molecule has 0 spiro atoms. The maximum absolute atomic E-state index is 8.82. The van der Waals surface area contributed by atoms with E-state index in [0.717, 1.165) is 55.1 Å². The Hall–Kier alpha value is -2.37. The van der Waals surface area contributed by atoms with Crippen LogP contribution in [0.4, 0.5) is 0 Å². The van der Waals surface area contributed by atoms with Gasteiger partial charge in [0.15, 0.2) is 0 Å². The van der Waals surface area contributed by atoms with E-state index >= 15 is 0 Å². The molecule has 1 aromatic heterocycles. The minimum atomic E-state index is 0.0431. The number of rotatable bonds is 6. The number of aromatic nitrogens is 2. The molecule has 1 aliphatic heterocycles. The molecule has 0 saturated carbocycles. The van der Waals surface area contributed by atoms with E-state index in [2.05, 4.69) is 47.1 Å². The lowest BCUT2D eigenvalue weighted by atomic mass is 9.96. The normalized spacial score (nSPS) is 16.1. The SMILES string of the molecule is Cc1cccc2[nH]c(C3CCN(Cc4ccc(OCCO)cc4)CC3)nc12. The Morgan fingerprint density at radius 1 is 1.15 bits per heavy atom. The molecule has 1 fully saturated rings. The molecule has 142 valence electrons. The van der Waals surface area contributed by atoms with Gasteiger partial charge in [-0.1, -0.05) is 24.3 Å². The van der Waals surface area contributed by atoms with E-state index in [-0.39, 0.29) is 6.61 Å². The van der Waals surface area contributed by atoms with Gasteiger partial charge in [0.05, 0.1) is 17.6 Å². The van der Waals surface area contributed by atoms with Gasteiger partial charge in [-0.15, -0.1) is 0 Å². The first-order chi connectivity index (χ1) is 13.2. The highest BCUT2D eigenvalue weighted by Gasteiger charge is 2.23. The predicted octanol–water partition coefficient (Wildman–Crippen LogP) is 3.62. The van der Waals surface area contributed by atoms with E-state index < -0.39 is 0 Å².